The molecule has 0 spiro atoms. The number of pyridine rings is 1. The van der Waals surface area contributed by atoms with Crippen molar-refractivity contribution in [3.63, 3.8) is 0 Å². The SMILES string of the molecule is CNC(c1cc(C)nc(C)c1)c1ccc(C)c(Cl)c1. The van der Waals surface area contributed by atoms with Crippen LogP contribution in [0.1, 0.15) is 34.1 Å². The van der Waals surface area contributed by atoms with Crippen LogP contribution in [0.5, 0.6) is 0 Å². The van der Waals surface area contributed by atoms with Gasteiger partial charge >= 0.3 is 0 Å². The molecule has 0 radical (unpaired) electrons. The van der Waals surface area contributed by atoms with Gasteiger partial charge in [0.2, 0.25) is 0 Å². The van der Waals surface area contributed by atoms with Crippen molar-refractivity contribution in [1.29, 1.82) is 0 Å². The maximum atomic E-state index is 6.22. The van der Waals surface area contributed by atoms with E-state index in [1.165, 1.54) is 11.1 Å². The highest BCUT2D eigenvalue weighted by Crippen LogP contribution is 2.26. The molecule has 2 aromatic rings. The molecule has 3 heteroatoms. The first-order valence-corrected chi connectivity index (χ1v) is 6.77. The average molecular weight is 275 g/mol. The second-order valence-corrected chi connectivity index (χ2v) is 5.32. The van der Waals surface area contributed by atoms with E-state index in [4.69, 9.17) is 11.6 Å². The van der Waals surface area contributed by atoms with Gasteiger partial charge in [0.25, 0.3) is 0 Å². The first kappa shape index (κ1) is 14.0. The molecule has 1 aromatic carbocycles. The van der Waals surface area contributed by atoms with Gasteiger partial charge in [-0.2, -0.15) is 0 Å². The highest BCUT2D eigenvalue weighted by Gasteiger charge is 2.14. The molecule has 0 amide bonds. The van der Waals surface area contributed by atoms with Gasteiger partial charge in [-0.25, -0.2) is 0 Å². The smallest absolute Gasteiger partial charge is 0.0576 e. The van der Waals surface area contributed by atoms with Gasteiger partial charge in [-0.05, 0) is 62.7 Å². The fourth-order valence-electron chi connectivity index (χ4n) is 2.35. The van der Waals surface area contributed by atoms with Crippen LogP contribution in [0.15, 0.2) is 30.3 Å². The van der Waals surface area contributed by atoms with Crippen LogP contribution in [0.2, 0.25) is 5.02 Å². The zero-order chi connectivity index (χ0) is 14.0. The van der Waals surface area contributed by atoms with E-state index in [0.29, 0.717) is 0 Å². The Hall–Kier alpha value is -1.38. The third-order valence-corrected chi connectivity index (χ3v) is 3.66. The zero-order valence-corrected chi connectivity index (χ0v) is 12.5. The monoisotopic (exact) mass is 274 g/mol. The van der Waals surface area contributed by atoms with Crippen molar-refractivity contribution < 1.29 is 0 Å². The summed E-state index contributed by atoms with van der Waals surface area (Å²) in [6, 6.07) is 10.6. The summed E-state index contributed by atoms with van der Waals surface area (Å²) in [6.45, 7) is 6.05. The molecular weight excluding hydrogens is 256 g/mol. The minimum Gasteiger partial charge on any atom is -0.309 e. The summed E-state index contributed by atoms with van der Waals surface area (Å²) >= 11 is 6.22. The van der Waals surface area contributed by atoms with E-state index in [1.807, 2.05) is 33.9 Å². The number of nitrogens with one attached hydrogen (secondary N) is 1. The van der Waals surface area contributed by atoms with Crippen LogP contribution in [0.4, 0.5) is 0 Å². The van der Waals surface area contributed by atoms with Crippen molar-refractivity contribution >= 4 is 11.6 Å². The number of nitrogens with zero attached hydrogens (tertiary/aromatic N) is 1. The Balaban J connectivity index is 2.46. The van der Waals surface area contributed by atoms with Crippen molar-refractivity contribution in [2.75, 3.05) is 7.05 Å². The maximum absolute atomic E-state index is 6.22. The molecule has 2 nitrogen and oxygen atoms in total. The lowest BCUT2D eigenvalue weighted by Crippen LogP contribution is -2.18. The average Bonchev–Trinajstić information content (AvgIpc) is 2.33. The molecule has 1 aromatic heterocycles. The number of hydrogen-bond acceptors (Lipinski definition) is 2. The summed E-state index contributed by atoms with van der Waals surface area (Å²) in [5.74, 6) is 0. The summed E-state index contributed by atoms with van der Waals surface area (Å²) < 4.78 is 0. The molecular formula is C16H19ClN2. The van der Waals surface area contributed by atoms with Gasteiger partial charge in [-0.1, -0.05) is 23.7 Å². The summed E-state index contributed by atoms with van der Waals surface area (Å²) in [5, 5.41) is 4.16. The Morgan fingerprint density at radius 1 is 1.00 bits per heavy atom. The predicted molar refractivity (Wildman–Crippen MR) is 80.8 cm³/mol. The molecule has 1 atom stereocenters. The zero-order valence-electron chi connectivity index (χ0n) is 11.8. The van der Waals surface area contributed by atoms with E-state index in [-0.39, 0.29) is 6.04 Å². The minimum atomic E-state index is 0.137. The van der Waals surface area contributed by atoms with Gasteiger partial charge in [-0.3, -0.25) is 4.98 Å². The molecule has 0 fully saturated rings. The third-order valence-electron chi connectivity index (χ3n) is 3.26. The molecule has 0 aliphatic heterocycles. The third kappa shape index (κ3) is 3.14. The standard InChI is InChI=1S/C16H19ClN2/c1-10-5-6-13(9-15(10)17)16(18-4)14-7-11(2)19-12(3)8-14/h5-9,16,18H,1-4H3. The Kier molecular flexibility index (Phi) is 4.23. The molecule has 2 rings (SSSR count). The van der Waals surface area contributed by atoms with E-state index in [9.17, 15) is 0 Å². The maximum Gasteiger partial charge on any atom is 0.0576 e. The van der Waals surface area contributed by atoms with Gasteiger partial charge < -0.3 is 5.32 Å². The summed E-state index contributed by atoms with van der Waals surface area (Å²) in [4.78, 5) is 4.42. The van der Waals surface area contributed by atoms with Crippen molar-refractivity contribution in [1.82, 2.24) is 10.3 Å². The molecule has 0 aliphatic carbocycles. The highest BCUT2D eigenvalue weighted by molar-refractivity contribution is 6.31. The van der Waals surface area contributed by atoms with Gasteiger partial charge in [0.15, 0.2) is 0 Å². The minimum absolute atomic E-state index is 0.137. The first-order valence-electron chi connectivity index (χ1n) is 6.39. The topological polar surface area (TPSA) is 24.9 Å². The first-order chi connectivity index (χ1) is 9.01. The molecule has 0 aliphatic rings. The number of halogens is 1. The van der Waals surface area contributed by atoms with E-state index in [2.05, 4.69) is 34.6 Å². The predicted octanol–water partition coefficient (Wildman–Crippen LogP) is 3.97. The van der Waals surface area contributed by atoms with E-state index >= 15 is 0 Å². The van der Waals surface area contributed by atoms with Crippen LogP contribution >= 0.6 is 11.6 Å². The largest absolute Gasteiger partial charge is 0.309 e. The molecule has 0 bridgehead atoms. The Bertz CT molecular complexity index is 573. The fourth-order valence-corrected chi connectivity index (χ4v) is 2.54. The highest BCUT2D eigenvalue weighted by atomic mass is 35.5. The fraction of sp³-hybridized carbons (Fsp3) is 0.312. The van der Waals surface area contributed by atoms with Crippen molar-refractivity contribution in [3.8, 4) is 0 Å². The summed E-state index contributed by atoms with van der Waals surface area (Å²) in [7, 11) is 1.96. The van der Waals surface area contributed by atoms with Crippen LogP contribution in [0, 0.1) is 20.8 Å². The molecule has 0 saturated heterocycles. The van der Waals surface area contributed by atoms with Crippen molar-refractivity contribution in [2.24, 2.45) is 0 Å². The lowest BCUT2D eigenvalue weighted by atomic mass is 9.97. The number of benzene rings is 1. The van der Waals surface area contributed by atoms with Gasteiger partial charge in [-0.15, -0.1) is 0 Å². The Morgan fingerprint density at radius 3 is 2.16 bits per heavy atom. The van der Waals surface area contributed by atoms with Gasteiger partial charge in [0, 0.05) is 16.4 Å². The molecule has 0 saturated carbocycles. The van der Waals surface area contributed by atoms with Crippen LogP contribution in [-0.4, -0.2) is 12.0 Å². The number of aromatic nitrogens is 1. The van der Waals surface area contributed by atoms with Crippen LogP contribution in [-0.2, 0) is 0 Å². The Labute approximate surface area is 119 Å². The van der Waals surface area contributed by atoms with Crippen LogP contribution in [0.25, 0.3) is 0 Å². The van der Waals surface area contributed by atoms with Gasteiger partial charge in [0.05, 0.1) is 6.04 Å². The quantitative estimate of drug-likeness (QED) is 0.916. The van der Waals surface area contributed by atoms with E-state index < -0.39 is 0 Å². The summed E-state index contributed by atoms with van der Waals surface area (Å²) in [5.41, 5.74) is 5.56. The van der Waals surface area contributed by atoms with Crippen molar-refractivity contribution in [2.45, 2.75) is 26.8 Å². The Morgan fingerprint density at radius 2 is 1.63 bits per heavy atom. The van der Waals surface area contributed by atoms with E-state index in [0.717, 1.165) is 22.0 Å². The lowest BCUT2D eigenvalue weighted by molar-refractivity contribution is 0.688. The van der Waals surface area contributed by atoms with Crippen LogP contribution in [0.3, 0.4) is 0 Å². The normalized spacial score (nSPS) is 12.5. The second-order valence-electron chi connectivity index (χ2n) is 4.91. The van der Waals surface area contributed by atoms with Crippen LogP contribution < -0.4 is 5.32 Å². The molecule has 1 unspecified atom stereocenters. The molecule has 100 valence electrons. The van der Waals surface area contributed by atoms with Gasteiger partial charge in [0.1, 0.15) is 0 Å². The lowest BCUT2D eigenvalue weighted by Gasteiger charge is -2.19. The summed E-state index contributed by atoms with van der Waals surface area (Å²) in [6.07, 6.45) is 0. The second kappa shape index (κ2) is 5.72. The number of hydrogen-bond donors (Lipinski definition) is 1. The number of aryl methyl sites for hydroxylation is 3. The number of rotatable bonds is 3. The molecule has 19 heavy (non-hydrogen) atoms. The molecule has 1 N–H and O–H groups in total. The molecule has 1 heterocycles. The van der Waals surface area contributed by atoms with E-state index in [1.54, 1.807) is 0 Å². The van der Waals surface area contributed by atoms with Crippen molar-refractivity contribution in [3.05, 3.63) is 63.4 Å².